The normalized spacial score (nSPS) is 15.0. The van der Waals surface area contributed by atoms with Gasteiger partial charge in [0.2, 0.25) is 0 Å². The Morgan fingerprint density at radius 2 is 1.77 bits per heavy atom. The summed E-state index contributed by atoms with van der Waals surface area (Å²) in [4.78, 5) is 36.6. The number of rotatable bonds is 7. The molecule has 1 aliphatic rings. The summed E-state index contributed by atoms with van der Waals surface area (Å²) in [5, 5.41) is 10.5. The molecule has 0 atom stereocenters. The molecular formula is C24H18N2O7S2. The van der Waals surface area contributed by atoms with E-state index in [0.29, 0.717) is 5.56 Å². The van der Waals surface area contributed by atoms with E-state index in [1.807, 2.05) is 31.2 Å². The number of hydrogen-bond donors (Lipinski definition) is 0. The fourth-order valence-corrected chi connectivity index (χ4v) is 5.13. The maximum Gasteiger partial charge on any atom is 0.339 e. The lowest BCUT2D eigenvalue weighted by Gasteiger charge is -2.14. The first-order valence-corrected chi connectivity index (χ1v) is 12.5. The third-order valence-electron chi connectivity index (χ3n) is 5.14. The Morgan fingerprint density at radius 1 is 1.03 bits per heavy atom. The molecule has 1 saturated heterocycles. The molecule has 0 spiro atoms. The molecule has 0 bridgehead atoms. The fraction of sp³-hybridized carbons (Fsp3) is 0.0833. The predicted molar refractivity (Wildman–Crippen MR) is 130 cm³/mol. The van der Waals surface area contributed by atoms with Crippen LogP contribution in [0.1, 0.15) is 16.7 Å². The van der Waals surface area contributed by atoms with Crippen LogP contribution in [0.3, 0.4) is 0 Å². The molecule has 1 aliphatic heterocycles. The number of hydrogen-bond acceptors (Lipinski definition) is 8. The van der Waals surface area contributed by atoms with E-state index in [2.05, 4.69) is 0 Å². The first-order chi connectivity index (χ1) is 16.6. The van der Waals surface area contributed by atoms with Gasteiger partial charge in [0.05, 0.1) is 16.4 Å². The van der Waals surface area contributed by atoms with Crippen LogP contribution >= 0.6 is 11.8 Å². The van der Waals surface area contributed by atoms with Crippen LogP contribution in [0.4, 0.5) is 10.5 Å². The van der Waals surface area contributed by atoms with Gasteiger partial charge >= 0.3 is 10.1 Å². The fourth-order valence-electron chi connectivity index (χ4n) is 3.33. The molecule has 0 saturated carbocycles. The Labute approximate surface area is 205 Å². The molecule has 0 aromatic heterocycles. The molecule has 1 fully saturated rings. The zero-order valence-electron chi connectivity index (χ0n) is 18.3. The third kappa shape index (κ3) is 5.42. The Kier molecular flexibility index (Phi) is 6.72. The van der Waals surface area contributed by atoms with Crippen LogP contribution in [0.5, 0.6) is 5.75 Å². The third-order valence-corrected chi connectivity index (χ3v) is 7.29. The second-order valence-corrected chi connectivity index (χ2v) is 10.1. The van der Waals surface area contributed by atoms with Crippen molar-refractivity contribution >= 4 is 44.8 Å². The van der Waals surface area contributed by atoms with Crippen molar-refractivity contribution in [2.45, 2.75) is 18.4 Å². The van der Waals surface area contributed by atoms with Gasteiger partial charge in [-0.05, 0) is 59.7 Å². The predicted octanol–water partition coefficient (Wildman–Crippen LogP) is 4.91. The van der Waals surface area contributed by atoms with Gasteiger partial charge in [0.1, 0.15) is 10.6 Å². The van der Waals surface area contributed by atoms with E-state index in [0.717, 1.165) is 33.9 Å². The highest BCUT2D eigenvalue weighted by Gasteiger charge is 2.35. The standard InChI is InChI=1S/C24H18N2O7S2/c1-16-6-2-3-8-18(16)15-25-23(27)22(34-24(25)28)13-17-7-4-10-20(12-17)33-35(31,32)21-11-5-9-19(14-21)26(29)30/h2-14H,15H2,1H3/b22-13-. The van der Waals surface area contributed by atoms with Gasteiger partial charge in [0.25, 0.3) is 16.8 Å². The summed E-state index contributed by atoms with van der Waals surface area (Å²) < 4.78 is 30.3. The van der Waals surface area contributed by atoms with Gasteiger partial charge in [-0.15, -0.1) is 0 Å². The second kappa shape index (κ2) is 9.72. The van der Waals surface area contributed by atoms with Gasteiger partial charge in [-0.3, -0.25) is 24.6 Å². The highest BCUT2D eigenvalue weighted by Crippen LogP contribution is 2.34. The number of nitro benzene ring substituents is 1. The molecule has 0 unspecified atom stereocenters. The lowest BCUT2D eigenvalue weighted by Crippen LogP contribution is -2.27. The molecule has 11 heteroatoms. The lowest BCUT2D eigenvalue weighted by molar-refractivity contribution is -0.385. The van der Waals surface area contributed by atoms with Gasteiger partial charge in [-0.25, -0.2) is 0 Å². The summed E-state index contributed by atoms with van der Waals surface area (Å²) in [6, 6.07) is 17.9. The summed E-state index contributed by atoms with van der Waals surface area (Å²) in [5.74, 6) is -0.497. The SMILES string of the molecule is Cc1ccccc1CN1C(=O)S/C(=C\c2cccc(OS(=O)(=O)c3cccc([N+](=O)[O-])c3)c2)C1=O. The highest BCUT2D eigenvalue weighted by atomic mass is 32.2. The zero-order chi connectivity index (χ0) is 25.2. The number of benzene rings is 3. The van der Waals surface area contributed by atoms with E-state index in [9.17, 15) is 28.1 Å². The molecule has 3 aromatic carbocycles. The van der Waals surface area contributed by atoms with Crippen molar-refractivity contribution in [1.82, 2.24) is 4.90 Å². The number of carbonyl (C=O) groups is 2. The van der Waals surface area contributed by atoms with Crippen LogP contribution in [0, 0.1) is 17.0 Å². The molecule has 1 heterocycles. The Hall–Kier alpha value is -3.96. The van der Waals surface area contributed by atoms with Crippen molar-refractivity contribution < 1.29 is 27.1 Å². The lowest BCUT2D eigenvalue weighted by atomic mass is 10.1. The van der Waals surface area contributed by atoms with Crippen molar-refractivity contribution in [3.63, 3.8) is 0 Å². The number of nitro groups is 1. The molecule has 0 radical (unpaired) electrons. The number of thioether (sulfide) groups is 1. The largest absolute Gasteiger partial charge is 0.379 e. The summed E-state index contributed by atoms with van der Waals surface area (Å²) in [7, 11) is -4.34. The van der Waals surface area contributed by atoms with Crippen molar-refractivity contribution in [2.24, 2.45) is 0 Å². The van der Waals surface area contributed by atoms with Crippen LogP contribution < -0.4 is 4.18 Å². The van der Waals surface area contributed by atoms with E-state index >= 15 is 0 Å². The first-order valence-electron chi connectivity index (χ1n) is 10.2. The van der Waals surface area contributed by atoms with Crippen molar-refractivity contribution in [3.05, 3.63) is 105 Å². The monoisotopic (exact) mass is 510 g/mol. The summed E-state index contributed by atoms with van der Waals surface area (Å²) in [5.41, 5.74) is 1.88. The van der Waals surface area contributed by atoms with Gasteiger partial charge < -0.3 is 4.18 Å². The summed E-state index contributed by atoms with van der Waals surface area (Å²) in [6.45, 7) is 2.05. The maximum atomic E-state index is 12.9. The number of imide groups is 1. The van der Waals surface area contributed by atoms with Crippen LogP contribution in [0.15, 0.2) is 82.6 Å². The molecule has 0 N–H and O–H groups in total. The van der Waals surface area contributed by atoms with E-state index in [1.54, 1.807) is 6.07 Å². The van der Waals surface area contributed by atoms with E-state index in [-0.39, 0.29) is 27.8 Å². The smallest absolute Gasteiger partial charge is 0.339 e. The number of nitrogens with zero attached hydrogens (tertiary/aromatic N) is 2. The van der Waals surface area contributed by atoms with Crippen molar-refractivity contribution in [3.8, 4) is 5.75 Å². The minimum atomic E-state index is -4.34. The van der Waals surface area contributed by atoms with Crippen LogP contribution in [0.25, 0.3) is 6.08 Å². The molecule has 9 nitrogen and oxygen atoms in total. The van der Waals surface area contributed by atoms with Gasteiger partial charge in [-0.2, -0.15) is 8.42 Å². The average molecular weight is 511 g/mol. The molecule has 35 heavy (non-hydrogen) atoms. The molecule has 2 amide bonds. The van der Waals surface area contributed by atoms with E-state index in [1.165, 1.54) is 42.5 Å². The van der Waals surface area contributed by atoms with E-state index in [4.69, 9.17) is 4.18 Å². The Balaban J connectivity index is 1.54. The molecular weight excluding hydrogens is 492 g/mol. The topological polar surface area (TPSA) is 124 Å². The Morgan fingerprint density at radius 3 is 2.51 bits per heavy atom. The van der Waals surface area contributed by atoms with Crippen LogP contribution in [-0.4, -0.2) is 29.4 Å². The highest BCUT2D eigenvalue weighted by molar-refractivity contribution is 8.18. The quantitative estimate of drug-likeness (QED) is 0.190. The minimum absolute atomic E-state index is 0.0515. The Bertz CT molecular complexity index is 1480. The van der Waals surface area contributed by atoms with Gasteiger partial charge in [0, 0.05) is 12.1 Å². The number of carbonyl (C=O) groups excluding carboxylic acids is 2. The number of aryl methyl sites for hydroxylation is 1. The second-order valence-electron chi connectivity index (χ2n) is 7.56. The average Bonchev–Trinajstić information content (AvgIpc) is 3.07. The number of non-ortho nitro benzene ring substituents is 1. The van der Waals surface area contributed by atoms with E-state index < -0.39 is 26.2 Å². The van der Waals surface area contributed by atoms with Crippen LogP contribution in [-0.2, 0) is 21.5 Å². The molecule has 178 valence electrons. The van der Waals surface area contributed by atoms with Gasteiger partial charge in [0.15, 0.2) is 0 Å². The minimum Gasteiger partial charge on any atom is -0.379 e. The summed E-state index contributed by atoms with van der Waals surface area (Å²) >= 11 is 0.798. The molecule has 0 aliphatic carbocycles. The van der Waals surface area contributed by atoms with Crippen molar-refractivity contribution in [2.75, 3.05) is 0 Å². The zero-order valence-corrected chi connectivity index (χ0v) is 19.9. The first kappa shape index (κ1) is 24.2. The molecule has 4 rings (SSSR count). The number of amides is 2. The maximum absolute atomic E-state index is 12.9. The summed E-state index contributed by atoms with van der Waals surface area (Å²) in [6.07, 6.45) is 1.48. The molecule has 3 aromatic rings. The van der Waals surface area contributed by atoms with Gasteiger partial charge in [-0.1, -0.05) is 42.5 Å². The van der Waals surface area contributed by atoms with Crippen molar-refractivity contribution in [1.29, 1.82) is 0 Å². The van der Waals surface area contributed by atoms with Crippen LogP contribution in [0.2, 0.25) is 0 Å².